The number of hydrogen-bond donors (Lipinski definition) is 2. The van der Waals surface area contributed by atoms with Gasteiger partial charge in [-0.25, -0.2) is 9.37 Å². The van der Waals surface area contributed by atoms with E-state index in [2.05, 4.69) is 10.3 Å². The smallest absolute Gasteiger partial charge is 0.253 e. The molecule has 130 valence electrons. The lowest BCUT2D eigenvalue weighted by Crippen LogP contribution is -2.43. The van der Waals surface area contributed by atoms with E-state index in [0.29, 0.717) is 24.9 Å². The number of anilines is 1. The van der Waals surface area contributed by atoms with Gasteiger partial charge in [0.1, 0.15) is 5.82 Å². The minimum atomic E-state index is -0.400. The molecule has 2 aromatic rings. The van der Waals surface area contributed by atoms with Crippen LogP contribution in [0.1, 0.15) is 23.2 Å². The van der Waals surface area contributed by atoms with Crippen molar-refractivity contribution in [2.75, 3.05) is 18.4 Å². The molecule has 1 saturated heterocycles. The number of rotatable bonds is 3. The van der Waals surface area contributed by atoms with Crippen LogP contribution >= 0.6 is 0 Å². The Balaban J connectivity index is 1.66. The summed E-state index contributed by atoms with van der Waals surface area (Å²) in [7, 11) is 0. The van der Waals surface area contributed by atoms with Crippen molar-refractivity contribution in [1.82, 2.24) is 9.88 Å². The maximum Gasteiger partial charge on any atom is 0.253 e. The molecule has 0 saturated carbocycles. The van der Waals surface area contributed by atoms with E-state index in [1.807, 2.05) is 0 Å². The molecule has 0 bridgehead atoms. The van der Waals surface area contributed by atoms with Crippen molar-refractivity contribution in [3.63, 3.8) is 0 Å². The summed E-state index contributed by atoms with van der Waals surface area (Å²) in [6.45, 7) is 0.824. The Bertz CT molecular complexity index is 779. The van der Waals surface area contributed by atoms with Crippen LogP contribution in [-0.2, 0) is 4.79 Å². The molecule has 3 rings (SSSR count). The number of aromatic nitrogens is 1. The second-order valence-electron chi connectivity index (χ2n) is 5.96. The zero-order valence-electron chi connectivity index (χ0n) is 13.5. The van der Waals surface area contributed by atoms with Gasteiger partial charge in [-0.2, -0.15) is 0 Å². The third-order valence-corrected chi connectivity index (χ3v) is 4.20. The third kappa shape index (κ3) is 3.93. The Hall–Kier alpha value is -2.96. The summed E-state index contributed by atoms with van der Waals surface area (Å²) >= 11 is 0. The fourth-order valence-electron chi connectivity index (χ4n) is 2.86. The summed E-state index contributed by atoms with van der Waals surface area (Å²) in [4.78, 5) is 30.5. The van der Waals surface area contributed by atoms with Crippen molar-refractivity contribution in [3.8, 4) is 5.75 Å². The minimum Gasteiger partial charge on any atom is -0.504 e. The van der Waals surface area contributed by atoms with E-state index in [0.717, 1.165) is 0 Å². The van der Waals surface area contributed by atoms with E-state index < -0.39 is 5.82 Å². The largest absolute Gasteiger partial charge is 0.504 e. The molecule has 2 amide bonds. The summed E-state index contributed by atoms with van der Waals surface area (Å²) in [5.41, 5.74) is 0.393. The highest BCUT2D eigenvalue weighted by atomic mass is 19.1. The topological polar surface area (TPSA) is 82.5 Å². The summed E-state index contributed by atoms with van der Waals surface area (Å²) in [5, 5.41) is 12.3. The number of carbonyl (C=O) groups is 2. The molecule has 1 aliphatic heterocycles. The lowest BCUT2D eigenvalue weighted by molar-refractivity contribution is -0.121. The van der Waals surface area contributed by atoms with E-state index in [4.69, 9.17) is 0 Å². The standard InChI is InChI=1S/C18H18FN3O3/c19-14-7-5-12(6-8-14)18(25)22-10-2-3-13(11-22)17(24)21-16-15(23)4-1-9-20-16/h1,4-9,13,23H,2-3,10-11H2,(H,20,21,24)/t13-/m0/s1. The van der Waals surface area contributed by atoms with Gasteiger partial charge in [0, 0.05) is 24.8 Å². The van der Waals surface area contributed by atoms with Gasteiger partial charge in [0.15, 0.2) is 11.6 Å². The first-order valence-electron chi connectivity index (χ1n) is 8.04. The molecule has 1 aromatic heterocycles. The van der Waals surface area contributed by atoms with Gasteiger partial charge in [-0.3, -0.25) is 9.59 Å². The molecule has 0 spiro atoms. The first-order chi connectivity index (χ1) is 12.0. The Labute approximate surface area is 144 Å². The number of benzene rings is 1. The molecule has 2 N–H and O–H groups in total. The van der Waals surface area contributed by atoms with Crippen molar-refractivity contribution in [1.29, 1.82) is 0 Å². The maximum atomic E-state index is 13.0. The van der Waals surface area contributed by atoms with Crippen LogP contribution < -0.4 is 5.32 Å². The van der Waals surface area contributed by atoms with Crippen molar-refractivity contribution in [2.24, 2.45) is 5.92 Å². The number of halogens is 1. The molecule has 0 radical (unpaired) electrons. The molecule has 1 aromatic carbocycles. The van der Waals surface area contributed by atoms with Gasteiger partial charge in [-0.05, 0) is 49.2 Å². The number of pyridine rings is 1. The number of likely N-dealkylation sites (tertiary alicyclic amines) is 1. The molecule has 25 heavy (non-hydrogen) atoms. The van der Waals surface area contributed by atoms with Crippen LogP contribution in [0.4, 0.5) is 10.2 Å². The van der Waals surface area contributed by atoms with Gasteiger partial charge in [0.2, 0.25) is 5.91 Å². The number of aromatic hydroxyl groups is 1. The first-order valence-corrected chi connectivity index (χ1v) is 8.04. The van der Waals surface area contributed by atoms with Gasteiger partial charge >= 0.3 is 0 Å². The van der Waals surface area contributed by atoms with E-state index >= 15 is 0 Å². The van der Waals surface area contributed by atoms with E-state index in [1.54, 1.807) is 11.0 Å². The van der Waals surface area contributed by atoms with Crippen LogP contribution in [0.3, 0.4) is 0 Å². The molecule has 0 aliphatic carbocycles. The number of nitrogens with one attached hydrogen (secondary N) is 1. The highest BCUT2D eigenvalue weighted by Gasteiger charge is 2.29. The monoisotopic (exact) mass is 343 g/mol. The van der Waals surface area contributed by atoms with Crippen LogP contribution in [0.2, 0.25) is 0 Å². The number of amides is 2. The fourth-order valence-corrected chi connectivity index (χ4v) is 2.86. The van der Waals surface area contributed by atoms with Crippen LogP contribution in [0.15, 0.2) is 42.6 Å². The predicted octanol–water partition coefficient (Wildman–Crippen LogP) is 2.42. The molecule has 1 aliphatic rings. The second kappa shape index (κ2) is 7.29. The maximum absolute atomic E-state index is 13.0. The number of piperidine rings is 1. The van der Waals surface area contributed by atoms with Crippen molar-refractivity contribution in [2.45, 2.75) is 12.8 Å². The van der Waals surface area contributed by atoms with E-state index in [1.165, 1.54) is 36.5 Å². The number of hydrogen-bond acceptors (Lipinski definition) is 4. The van der Waals surface area contributed by atoms with Crippen LogP contribution in [-0.4, -0.2) is 39.9 Å². The SMILES string of the molecule is O=C(Nc1ncccc1O)[C@H]1CCCN(C(=O)c2ccc(F)cc2)C1. The lowest BCUT2D eigenvalue weighted by Gasteiger charge is -2.32. The van der Waals surface area contributed by atoms with Crippen LogP contribution in [0.25, 0.3) is 0 Å². The van der Waals surface area contributed by atoms with E-state index in [9.17, 15) is 19.1 Å². The van der Waals surface area contributed by atoms with Gasteiger partial charge < -0.3 is 15.3 Å². The molecule has 2 heterocycles. The summed E-state index contributed by atoms with van der Waals surface area (Å²) in [6.07, 6.45) is 2.81. The third-order valence-electron chi connectivity index (χ3n) is 4.20. The summed E-state index contributed by atoms with van der Waals surface area (Å²) in [6, 6.07) is 8.36. The second-order valence-corrected chi connectivity index (χ2v) is 5.96. The van der Waals surface area contributed by atoms with Crippen LogP contribution in [0, 0.1) is 11.7 Å². The molecule has 7 heteroatoms. The van der Waals surface area contributed by atoms with Gasteiger partial charge in [0.25, 0.3) is 5.91 Å². The quantitative estimate of drug-likeness (QED) is 0.897. The Morgan fingerprint density at radius 3 is 2.72 bits per heavy atom. The Kier molecular flexibility index (Phi) is 4.92. The molecule has 1 atom stereocenters. The van der Waals surface area contributed by atoms with Gasteiger partial charge in [-0.1, -0.05) is 0 Å². The molecular weight excluding hydrogens is 325 g/mol. The first kappa shape index (κ1) is 16.9. The van der Waals surface area contributed by atoms with Crippen molar-refractivity contribution >= 4 is 17.6 Å². The lowest BCUT2D eigenvalue weighted by atomic mass is 9.96. The van der Waals surface area contributed by atoms with Gasteiger partial charge in [0.05, 0.1) is 5.92 Å². The molecule has 6 nitrogen and oxygen atoms in total. The highest BCUT2D eigenvalue weighted by Crippen LogP contribution is 2.23. The highest BCUT2D eigenvalue weighted by molar-refractivity contribution is 5.96. The average Bonchev–Trinajstić information content (AvgIpc) is 2.64. The summed E-state index contributed by atoms with van der Waals surface area (Å²) in [5.74, 6) is -1.30. The fraction of sp³-hybridized carbons (Fsp3) is 0.278. The van der Waals surface area contributed by atoms with Crippen LogP contribution in [0.5, 0.6) is 5.75 Å². The zero-order chi connectivity index (χ0) is 17.8. The van der Waals surface area contributed by atoms with Crippen molar-refractivity contribution < 1.29 is 19.1 Å². The molecule has 0 unspecified atom stereocenters. The van der Waals surface area contributed by atoms with Gasteiger partial charge in [-0.15, -0.1) is 0 Å². The molecular formula is C18H18FN3O3. The Morgan fingerprint density at radius 2 is 2.00 bits per heavy atom. The Morgan fingerprint density at radius 1 is 1.24 bits per heavy atom. The molecule has 1 fully saturated rings. The van der Waals surface area contributed by atoms with E-state index in [-0.39, 0.29) is 35.8 Å². The number of carbonyl (C=O) groups excluding carboxylic acids is 2. The average molecular weight is 343 g/mol. The summed E-state index contributed by atoms with van der Waals surface area (Å²) < 4.78 is 13.0. The normalized spacial score (nSPS) is 17.2. The zero-order valence-corrected chi connectivity index (χ0v) is 13.5. The van der Waals surface area contributed by atoms with Crippen molar-refractivity contribution in [3.05, 3.63) is 54.0 Å². The predicted molar refractivity (Wildman–Crippen MR) is 89.6 cm³/mol. The number of nitrogens with zero attached hydrogens (tertiary/aromatic N) is 2. The minimum absolute atomic E-state index is 0.106.